The van der Waals surface area contributed by atoms with Gasteiger partial charge in [-0.3, -0.25) is 14.2 Å². The van der Waals surface area contributed by atoms with Gasteiger partial charge in [-0.05, 0) is 84.8 Å². The molecule has 0 fully saturated rings. The fourth-order valence-electron chi connectivity index (χ4n) is 4.60. The Hall–Kier alpha value is -4.18. The number of carbonyl (C=O) groups excluding carboxylic acids is 3. The second-order valence-electron chi connectivity index (χ2n) is 9.43. The van der Waals surface area contributed by atoms with Crippen LogP contribution in [-0.4, -0.2) is 56.5 Å². The van der Waals surface area contributed by atoms with E-state index in [1.54, 1.807) is 57.2 Å². The van der Waals surface area contributed by atoms with Gasteiger partial charge in [-0.1, -0.05) is 17.4 Å². The van der Waals surface area contributed by atoms with E-state index in [0.717, 1.165) is 11.3 Å². The molecule has 0 spiro atoms. The van der Waals surface area contributed by atoms with Crippen LogP contribution in [0, 0.1) is 3.57 Å². The van der Waals surface area contributed by atoms with Gasteiger partial charge in [0.2, 0.25) is 0 Å². The Morgan fingerprint density at radius 3 is 2.44 bits per heavy atom. The standard InChI is InChI=1S/C31H31IN2O10S/c1-7-41-22-14-19(9-10-21(22)43-15-25(36)40-6)27-26(30(38)42-8-2)16(3)33-31-34(27)29(37)24(45-31)13-18-11-20(32)28(44-17(4)35)23(12-18)39-5/h9-14,27H,7-8,15H2,1-6H3/b24-13+/t27-/m1/s1. The highest BCUT2D eigenvalue weighted by Crippen LogP contribution is 2.37. The quantitative estimate of drug-likeness (QED) is 0.163. The topological polar surface area (TPSA) is 141 Å². The van der Waals surface area contributed by atoms with Crippen molar-refractivity contribution >= 4 is 57.9 Å². The van der Waals surface area contributed by atoms with Crippen LogP contribution in [-0.2, 0) is 23.9 Å². The lowest BCUT2D eigenvalue weighted by atomic mass is 9.95. The molecule has 0 aliphatic carbocycles. The molecule has 0 saturated carbocycles. The number of hydrogen-bond donors (Lipinski definition) is 0. The van der Waals surface area contributed by atoms with Gasteiger partial charge in [-0.25, -0.2) is 14.6 Å². The molecule has 12 nitrogen and oxygen atoms in total. The molecule has 1 aromatic heterocycles. The molecule has 1 aliphatic heterocycles. The van der Waals surface area contributed by atoms with Crippen LogP contribution < -0.4 is 33.8 Å². The molecular formula is C31H31IN2O10S. The highest BCUT2D eigenvalue weighted by Gasteiger charge is 2.34. The van der Waals surface area contributed by atoms with Crippen molar-refractivity contribution in [2.24, 2.45) is 4.99 Å². The van der Waals surface area contributed by atoms with E-state index in [2.05, 4.69) is 9.73 Å². The maximum absolute atomic E-state index is 14.1. The highest BCUT2D eigenvalue weighted by atomic mass is 127. The summed E-state index contributed by atoms with van der Waals surface area (Å²) < 4.78 is 34.6. The summed E-state index contributed by atoms with van der Waals surface area (Å²) in [6, 6.07) is 7.47. The molecule has 0 amide bonds. The number of ether oxygens (including phenoxy) is 6. The number of halogens is 1. The van der Waals surface area contributed by atoms with Crippen LogP contribution in [0.1, 0.15) is 44.9 Å². The van der Waals surface area contributed by atoms with E-state index in [1.165, 1.54) is 25.7 Å². The van der Waals surface area contributed by atoms with Crippen molar-refractivity contribution in [3.63, 3.8) is 0 Å². The van der Waals surface area contributed by atoms with Gasteiger partial charge in [0.15, 0.2) is 34.4 Å². The van der Waals surface area contributed by atoms with Crippen molar-refractivity contribution in [1.29, 1.82) is 0 Å². The van der Waals surface area contributed by atoms with Crippen LogP contribution in [0.25, 0.3) is 6.08 Å². The van der Waals surface area contributed by atoms with E-state index in [1.807, 2.05) is 22.6 Å². The molecule has 238 valence electrons. The van der Waals surface area contributed by atoms with Gasteiger partial charge in [0, 0.05) is 6.92 Å². The molecule has 1 aliphatic rings. The minimum absolute atomic E-state index is 0.126. The van der Waals surface area contributed by atoms with E-state index in [-0.39, 0.29) is 35.8 Å². The first-order valence-electron chi connectivity index (χ1n) is 13.7. The first-order valence-corrected chi connectivity index (χ1v) is 15.6. The summed E-state index contributed by atoms with van der Waals surface area (Å²) >= 11 is 3.19. The summed E-state index contributed by atoms with van der Waals surface area (Å²) in [5.41, 5.74) is 1.37. The first-order chi connectivity index (χ1) is 21.5. The summed E-state index contributed by atoms with van der Waals surface area (Å²) in [4.78, 5) is 55.6. The van der Waals surface area contributed by atoms with Gasteiger partial charge >= 0.3 is 17.9 Å². The molecule has 0 N–H and O–H groups in total. The van der Waals surface area contributed by atoms with E-state index in [9.17, 15) is 19.2 Å². The number of thiazole rings is 1. The van der Waals surface area contributed by atoms with Crippen molar-refractivity contribution in [3.8, 4) is 23.0 Å². The summed E-state index contributed by atoms with van der Waals surface area (Å²) in [5, 5.41) is 0. The minimum atomic E-state index is -0.905. The average molecular weight is 751 g/mol. The molecule has 0 unspecified atom stereocenters. The van der Waals surface area contributed by atoms with Crippen LogP contribution in [0.5, 0.6) is 23.0 Å². The van der Waals surface area contributed by atoms with E-state index >= 15 is 0 Å². The van der Waals surface area contributed by atoms with E-state index in [4.69, 9.17) is 23.7 Å². The number of hydrogen-bond acceptors (Lipinski definition) is 12. The predicted octanol–water partition coefficient (Wildman–Crippen LogP) is 3.29. The Morgan fingerprint density at radius 1 is 1.04 bits per heavy atom. The molecule has 2 aromatic carbocycles. The third-order valence-corrected chi connectivity index (χ3v) is 8.25. The van der Waals surface area contributed by atoms with Crippen molar-refractivity contribution in [2.45, 2.75) is 33.7 Å². The Kier molecular flexibility index (Phi) is 11.0. The molecule has 0 saturated heterocycles. The molecule has 45 heavy (non-hydrogen) atoms. The smallest absolute Gasteiger partial charge is 0.343 e. The Labute approximate surface area is 276 Å². The molecule has 2 heterocycles. The second-order valence-corrected chi connectivity index (χ2v) is 11.6. The maximum atomic E-state index is 14.1. The molecule has 3 aromatic rings. The maximum Gasteiger partial charge on any atom is 0.343 e. The SMILES string of the molecule is CCOC(=O)C1=C(C)N=c2s/c(=C/c3cc(I)c(OC(C)=O)c(OC)c3)c(=O)n2[C@@H]1c1ccc(OCC(=O)OC)c(OCC)c1. The van der Waals surface area contributed by atoms with Crippen molar-refractivity contribution in [2.75, 3.05) is 34.0 Å². The molecular weight excluding hydrogens is 719 g/mol. The minimum Gasteiger partial charge on any atom is -0.493 e. The number of nitrogens with zero attached hydrogens (tertiary/aromatic N) is 2. The van der Waals surface area contributed by atoms with Gasteiger partial charge in [-0.15, -0.1) is 0 Å². The molecule has 0 bridgehead atoms. The summed E-state index contributed by atoms with van der Waals surface area (Å²) in [6.45, 7) is 6.57. The van der Waals surface area contributed by atoms with Gasteiger partial charge in [-0.2, -0.15) is 0 Å². The van der Waals surface area contributed by atoms with E-state index < -0.39 is 23.9 Å². The van der Waals surface area contributed by atoms with Crippen LogP contribution >= 0.6 is 33.9 Å². The summed E-state index contributed by atoms with van der Waals surface area (Å²) in [5.74, 6) is -0.454. The number of aromatic nitrogens is 1. The zero-order chi connectivity index (χ0) is 32.8. The molecule has 0 radical (unpaired) electrons. The van der Waals surface area contributed by atoms with Gasteiger partial charge < -0.3 is 28.4 Å². The summed E-state index contributed by atoms with van der Waals surface area (Å²) in [7, 11) is 2.72. The Balaban J connectivity index is 1.90. The monoisotopic (exact) mass is 750 g/mol. The van der Waals surface area contributed by atoms with Crippen molar-refractivity contribution < 1.29 is 42.8 Å². The van der Waals surface area contributed by atoms with E-state index in [0.29, 0.717) is 47.8 Å². The third kappa shape index (κ3) is 7.39. The lowest BCUT2D eigenvalue weighted by Gasteiger charge is -2.25. The Bertz CT molecular complexity index is 1860. The fourth-order valence-corrected chi connectivity index (χ4v) is 6.38. The zero-order valence-electron chi connectivity index (χ0n) is 25.4. The second kappa shape index (κ2) is 14.7. The zero-order valence-corrected chi connectivity index (χ0v) is 28.4. The van der Waals surface area contributed by atoms with Crippen LogP contribution in [0.15, 0.2) is 51.4 Å². The third-order valence-electron chi connectivity index (χ3n) is 6.47. The first kappa shape index (κ1) is 33.7. The van der Waals surface area contributed by atoms with Crippen LogP contribution in [0.2, 0.25) is 0 Å². The number of allylic oxidation sites excluding steroid dienone is 1. The number of methoxy groups -OCH3 is 2. The number of benzene rings is 2. The summed E-state index contributed by atoms with van der Waals surface area (Å²) in [6.07, 6.45) is 1.68. The van der Waals surface area contributed by atoms with Gasteiger partial charge in [0.05, 0.1) is 52.8 Å². The van der Waals surface area contributed by atoms with Crippen LogP contribution in [0.4, 0.5) is 0 Å². The molecule has 1 atom stereocenters. The lowest BCUT2D eigenvalue weighted by Crippen LogP contribution is -2.40. The van der Waals surface area contributed by atoms with Gasteiger partial charge in [0.25, 0.3) is 5.56 Å². The largest absolute Gasteiger partial charge is 0.493 e. The molecule has 4 rings (SSSR count). The normalized spacial score (nSPS) is 14.3. The highest BCUT2D eigenvalue weighted by molar-refractivity contribution is 14.1. The van der Waals surface area contributed by atoms with Crippen molar-refractivity contribution in [1.82, 2.24) is 4.57 Å². The molecule has 14 heteroatoms. The number of esters is 3. The number of carbonyl (C=O) groups is 3. The number of rotatable bonds is 11. The van der Waals surface area contributed by atoms with Crippen LogP contribution in [0.3, 0.4) is 0 Å². The fraction of sp³-hybridized carbons (Fsp3) is 0.323. The number of fused-ring (bicyclic) bond motifs is 1. The van der Waals surface area contributed by atoms with Gasteiger partial charge in [0.1, 0.15) is 0 Å². The Morgan fingerprint density at radius 2 is 1.80 bits per heavy atom. The lowest BCUT2D eigenvalue weighted by molar-refractivity contribution is -0.143. The predicted molar refractivity (Wildman–Crippen MR) is 173 cm³/mol. The average Bonchev–Trinajstić information content (AvgIpc) is 3.30. The van der Waals surface area contributed by atoms with Crippen molar-refractivity contribution in [3.05, 3.63) is 76.0 Å².